The lowest BCUT2D eigenvalue weighted by Crippen LogP contribution is -1.90. The molecular weight excluding hydrogens is 521 g/mol. The Bertz CT molecular complexity index is 2380. The molecule has 0 saturated carbocycles. The first-order valence-corrected chi connectivity index (χ1v) is 15.3. The molecule has 2 aromatic heterocycles. The highest BCUT2D eigenvalue weighted by molar-refractivity contribution is 7.26. The quantitative estimate of drug-likeness (QED) is 0.191. The largest absolute Gasteiger partial charge is 0.143 e. The van der Waals surface area contributed by atoms with Crippen LogP contribution in [0.15, 0.2) is 133 Å². The van der Waals surface area contributed by atoms with Gasteiger partial charge in [0, 0.05) is 35.8 Å². The molecule has 0 aliphatic rings. The fourth-order valence-electron chi connectivity index (χ4n) is 6.51. The van der Waals surface area contributed by atoms with Crippen molar-refractivity contribution in [1.82, 2.24) is 0 Å². The van der Waals surface area contributed by atoms with Gasteiger partial charge in [-0.25, -0.2) is 0 Å². The number of fused-ring (bicyclic) bond motifs is 7. The normalized spacial score (nSPS) is 12.0. The fourth-order valence-corrected chi connectivity index (χ4v) is 8.69. The summed E-state index contributed by atoms with van der Waals surface area (Å²) in [7, 11) is 0. The van der Waals surface area contributed by atoms with Crippen LogP contribution in [0.25, 0.3) is 84.8 Å². The summed E-state index contributed by atoms with van der Waals surface area (Å²) in [5, 5.41) is 14.2. The SMILES string of the molecule is c1ccc2cc(-c3c4ccccc4c(-c4csc5cc6sc7ccccc7c6cc45)c4ccccc34)ccc2c1. The molecular formula is C38H22S2. The van der Waals surface area contributed by atoms with Gasteiger partial charge in [0.1, 0.15) is 0 Å². The van der Waals surface area contributed by atoms with E-state index in [2.05, 4.69) is 133 Å². The second-order valence-electron chi connectivity index (χ2n) is 10.5. The fraction of sp³-hybridized carbons (Fsp3) is 0. The Balaban J connectivity index is 1.40. The van der Waals surface area contributed by atoms with Crippen LogP contribution in [0.3, 0.4) is 0 Å². The van der Waals surface area contributed by atoms with Crippen LogP contribution >= 0.6 is 22.7 Å². The second-order valence-corrected chi connectivity index (χ2v) is 12.5. The zero-order valence-electron chi connectivity index (χ0n) is 21.5. The third-order valence-electron chi connectivity index (χ3n) is 8.31. The molecule has 0 atom stereocenters. The number of benzene rings is 7. The van der Waals surface area contributed by atoms with Crippen LogP contribution in [0, 0.1) is 0 Å². The second kappa shape index (κ2) is 8.50. The molecule has 7 aromatic carbocycles. The van der Waals surface area contributed by atoms with E-state index in [-0.39, 0.29) is 0 Å². The third-order valence-corrected chi connectivity index (χ3v) is 10.4. The zero-order valence-corrected chi connectivity index (χ0v) is 23.2. The van der Waals surface area contributed by atoms with Crippen molar-refractivity contribution in [3.05, 3.63) is 133 Å². The lowest BCUT2D eigenvalue weighted by Gasteiger charge is -2.17. The molecule has 40 heavy (non-hydrogen) atoms. The van der Waals surface area contributed by atoms with Crippen molar-refractivity contribution in [3.63, 3.8) is 0 Å². The number of rotatable bonds is 2. The van der Waals surface area contributed by atoms with Crippen LogP contribution in [-0.4, -0.2) is 0 Å². The van der Waals surface area contributed by atoms with E-state index in [1.807, 2.05) is 22.7 Å². The molecule has 0 fully saturated rings. The highest BCUT2D eigenvalue weighted by Crippen LogP contribution is 2.48. The molecule has 0 N–H and O–H groups in total. The van der Waals surface area contributed by atoms with Gasteiger partial charge in [0.25, 0.3) is 0 Å². The molecule has 0 saturated heterocycles. The van der Waals surface area contributed by atoms with Crippen molar-refractivity contribution in [3.8, 4) is 22.3 Å². The van der Waals surface area contributed by atoms with Crippen molar-refractivity contribution in [2.45, 2.75) is 0 Å². The molecule has 0 unspecified atom stereocenters. The molecule has 0 amide bonds. The van der Waals surface area contributed by atoms with Gasteiger partial charge in [0.05, 0.1) is 0 Å². The molecule has 186 valence electrons. The third kappa shape index (κ3) is 3.18. The first kappa shape index (κ1) is 22.3. The van der Waals surface area contributed by atoms with E-state index in [1.54, 1.807) is 0 Å². The predicted octanol–water partition coefficient (Wildman–Crippen LogP) is 12.1. The van der Waals surface area contributed by atoms with Crippen molar-refractivity contribution in [2.24, 2.45) is 0 Å². The van der Waals surface area contributed by atoms with E-state index >= 15 is 0 Å². The summed E-state index contributed by atoms with van der Waals surface area (Å²) in [4.78, 5) is 0. The van der Waals surface area contributed by atoms with Crippen molar-refractivity contribution >= 4 is 85.2 Å². The number of hydrogen-bond donors (Lipinski definition) is 0. The molecule has 0 spiro atoms. The first-order valence-electron chi connectivity index (χ1n) is 13.6. The van der Waals surface area contributed by atoms with Gasteiger partial charge >= 0.3 is 0 Å². The van der Waals surface area contributed by atoms with Gasteiger partial charge in [-0.15, -0.1) is 22.7 Å². The van der Waals surface area contributed by atoms with Gasteiger partial charge in [-0.1, -0.05) is 103 Å². The van der Waals surface area contributed by atoms with Crippen molar-refractivity contribution < 1.29 is 0 Å². The van der Waals surface area contributed by atoms with Crippen LogP contribution in [-0.2, 0) is 0 Å². The minimum atomic E-state index is 1.26. The van der Waals surface area contributed by atoms with Gasteiger partial charge in [-0.05, 0) is 78.7 Å². The monoisotopic (exact) mass is 542 g/mol. The highest BCUT2D eigenvalue weighted by Gasteiger charge is 2.19. The lowest BCUT2D eigenvalue weighted by molar-refractivity contribution is 1.70. The van der Waals surface area contributed by atoms with E-state index in [0.29, 0.717) is 0 Å². The first-order chi connectivity index (χ1) is 19.8. The Kier molecular flexibility index (Phi) is 4.74. The maximum Gasteiger partial charge on any atom is 0.0369 e. The topological polar surface area (TPSA) is 0 Å². The smallest absolute Gasteiger partial charge is 0.0369 e. The van der Waals surface area contributed by atoms with E-state index in [0.717, 1.165) is 0 Å². The Labute approximate surface area is 239 Å². The van der Waals surface area contributed by atoms with Gasteiger partial charge < -0.3 is 0 Å². The maximum absolute atomic E-state index is 2.44. The van der Waals surface area contributed by atoms with Gasteiger partial charge in [-0.3, -0.25) is 0 Å². The standard InChI is InChI=1S/C38H22S2/c1-2-10-24-19-25(18-17-23(24)9-1)37-27-12-3-5-14-29(27)38(30-15-6-4-13-28(30)37)33-22-39-35-21-36-31(20-32(33)35)26-11-7-8-16-34(26)40-36/h1-22H. The van der Waals surface area contributed by atoms with Gasteiger partial charge in [0.15, 0.2) is 0 Å². The summed E-state index contributed by atoms with van der Waals surface area (Å²) in [6, 6.07) is 47.1. The Hall–Kier alpha value is -4.50. The van der Waals surface area contributed by atoms with Crippen molar-refractivity contribution in [2.75, 3.05) is 0 Å². The molecule has 0 radical (unpaired) electrons. The molecule has 0 bridgehead atoms. The predicted molar refractivity (Wildman–Crippen MR) is 178 cm³/mol. The molecule has 0 nitrogen and oxygen atoms in total. The van der Waals surface area contributed by atoms with E-state index in [1.165, 1.54) is 84.8 Å². The Morgan fingerprint density at radius 2 is 1.00 bits per heavy atom. The summed E-state index contributed by atoms with van der Waals surface area (Å²) in [6.45, 7) is 0. The molecule has 9 aromatic rings. The summed E-state index contributed by atoms with van der Waals surface area (Å²) in [5.41, 5.74) is 5.24. The van der Waals surface area contributed by atoms with Gasteiger partial charge in [-0.2, -0.15) is 0 Å². The zero-order chi connectivity index (χ0) is 26.2. The molecule has 0 aliphatic heterocycles. The van der Waals surface area contributed by atoms with Crippen molar-refractivity contribution in [1.29, 1.82) is 0 Å². The maximum atomic E-state index is 2.44. The summed E-state index contributed by atoms with van der Waals surface area (Å²) in [5.74, 6) is 0. The van der Waals surface area contributed by atoms with Crippen LogP contribution in [0.1, 0.15) is 0 Å². The molecule has 2 heterocycles. The van der Waals surface area contributed by atoms with Crippen LogP contribution in [0.5, 0.6) is 0 Å². The Morgan fingerprint density at radius 1 is 0.375 bits per heavy atom. The van der Waals surface area contributed by atoms with Crippen LogP contribution in [0.2, 0.25) is 0 Å². The summed E-state index contributed by atoms with van der Waals surface area (Å²) >= 11 is 3.75. The average Bonchev–Trinajstić information content (AvgIpc) is 3.59. The van der Waals surface area contributed by atoms with E-state index in [4.69, 9.17) is 0 Å². The molecule has 9 rings (SSSR count). The molecule has 2 heteroatoms. The summed E-state index contributed by atoms with van der Waals surface area (Å²) < 4.78 is 4.07. The Morgan fingerprint density at radius 3 is 1.75 bits per heavy atom. The average molecular weight is 543 g/mol. The minimum absolute atomic E-state index is 1.26. The summed E-state index contributed by atoms with van der Waals surface area (Å²) in [6.07, 6.45) is 0. The number of hydrogen-bond acceptors (Lipinski definition) is 2. The minimum Gasteiger partial charge on any atom is -0.143 e. The number of thiophene rings is 2. The molecule has 0 aliphatic carbocycles. The van der Waals surface area contributed by atoms with E-state index < -0.39 is 0 Å². The van der Waals surface area contributed by atoms with Gasteiger partial charge in [0.2, 0.25) is 0 Å². The lowest BCUT2D eigenvalue weighted by atomic mass is 9.85. The van der Waals surface area contributed by atoms with E-state index in [9.17, 15) is 0 Å². The highest BCUT2D eigenvalue weighted by atomic mass is 32.1. The van der Waals surface area contributed by atoms with Crippen LogP contribution < -0.4 is 0 Å². The van der Waals surface area contributed by atoms with Crippen LogP contribution in [0.4, 0.5) is 0 Å².